The molecule has 2 aromatic heterocycles. The van der Waals surface area contributed by atoms with Crippen molar-refractivity contribution in [2.45, 2.75) is 6.54 Å². The number of nitrogens with zero attached hydrogens (tertiary/aromatic N) is 5. The molecule has 0 unspecified atom stereocenters. The zero-order chi connectivity index (χ0) is 16.2. The number of carbonyl (C=O) groups is 2. The Hall–Kier alpha value is -2.90. The number of amides is 3. The first kappa shape index (κ1) is 15.0. The largest absolute Gasteiger partial charge is 0.342 e. The van der Waals surface area contributed by atoms with Gasteiger partial charge in [0.25, 0.3) is 0 Å². The minimum absolute atomic E-state index is 0.0438. The van der Waals surface area contributed by atoms with E-state index >= 15 is 0 Å². The molecule has 0 aromatic carbocycles. The average Bonchev–Trinajstić information content (AvgIpc) is 3.10. The highest BCUT2D eigenvalue weighted by molar-refractivity contribution is 5.85. The number of nitrogens with one attached hydrogen (secondary N) is 1. The van der Waals surface area contributed by atoms with Crippen LogP contribution >= 0.6 is 0 Å². The number of aromatic nitrogens is 3. The molecule has 0 spiro atoms. The molecule has 1 saturated heterocycles. The number of imidazole rings is 1. The van der Waals surface area contributed by atoms with E-state index in [1.165, 1.54) is 4.90 Å². The highest BCUT2D eigenvalue weighted by Crippen LogP contribution is 2.07. The molecule has 3 heterocycles. The summed E-state index contributed by atoms with van der Waals surface area (Å²) in [6.45, 7) is 1.61. The molecule has 3 rings (SSSR count). The van der Waals surface area contributed by atoms with Crippen LogP contribution in [0.15, 0.2) is 37.1 Å². The molecule has 8 heteroatoms. The highest BCUT2D eigenvalue weighted by Gasteiger charge is 2.24. The van der Waals surface area contributed by atoms with Crippen molar-refractivity contribution in [3.63, 3.8) is 0 Å². The Kier molecular flexibility index (Phi) is 4.22. The van der Waals surface area contributed by atoms with Gasteiger partial charge in [0.2, 0.25) is 5.91 Å². The van der Waals surface area contributed by atoms with Gasteiger partial charge in [0.15, 0.2) is 0 Å². The normalized spacial score (nSPS) is 14.9. The Balaban J connectivity index is 1.59. The number of pyridine rings is 1. The van der Waals surface area contributed by atoms with Crippen LogP contribution < -0.4 is 5.32 Å². The van der Waals surface area contributed by atoms with E-state index in [1.807, 2.05) is 12.1 Å². The molecule has 1 aliphatic heterocycles. The third-order valence-corrected chi connectivity index (χ3v) is 3.77. The van der Waals surface area contributed by atoms with Gasteiger partial charge in [-0.3, -0.25) is 9.36 Å². The fraction of sp³-hybridized carbons (Fsp3) is 0.333. The molecule has 0 aliphatic carbocycles. The Morgan fingerprint density at radius 2 is 2.22 bits per heavy atom. The zero-order valence-corrected chi connectivity index (χ0v) is 12.8. The van der Waals surface area contributed by atoms with Crippen molar-refractivity contribution in [3.8, 4) is 5.82 Å². The summed E-state index contributed by atoms with van der Waals surface area (Å²) in [7, 11) is 1.74. The van der Waals surface area contributed by atoms with E-state index in [-0.39, 0.29) is 18.5 Å². The molecule has 0 bridgehead atoms. The molecule has 0 saturated carbocycles. The molecule has 23 heavy (non-hydrogen) atoms. The Bertz CT molecular complexity index is 700. The van der Waals surface area contributed by atoms with Crippen LogP contribution in [0.3, 0.4) is 0 Å². The predicted molar refractivity (Wildman–Crippen MR) is 82.8 cm³/mol. The number of rotatable bonds is 3. The summed E-state index contributed by atoms with van der Waals surface area (Å²) in [5, 5.41) is 2.84. The maximum atomic E-state index is 12.2. The molecular weight excluding hydrogens is 296 g/mol. The van der Waals surface area contributed by atoms with Crippen LogP contribution in [-0.4, -0.2) is 63.0 Å². The van der Waals surface area contributed by atoms with Crippen LogP contribution in [-0.2, 0) is 11.3 Å². The summed E-state index contributed by atoms with van der Waals surface area (Å²) < 4.78 is 1.80. The van der Waals surface area contributed by atoms with Crippen molar-refractivity contribution in [1.82, 2.24) is 29.7 Å². The van der Waals surface area contributed by atoms with Gasteiger partial charge in [-0.25, -0.2) is 14.8 Å². The summed E-state index contributed by atoms with van der Waals surface area (Å²) in [4.78, 5) is 35.2. The number of likely N-dealkylation sites (N-methyl/N-ethyl adjacent to an activating group) is 1. The second-order valence-corrected chi connectivity index (χ2v) is 5.39. The van der Waals surface area contributed by atoms with Crippen LogP contribution in [0.4, 0.5) is 4.79 Å². The van der Waals surface area contributed by atoms with Crippen LogP contribution in [0.25, 0.3) is 5.82 Å². The number of hydrogen-bond donors (Lipinski definition) is 1. The van der Waals surface area contributed by atoms with E-state index in [0.717, 1.165) is 11.4 Å². The van der Waals surface area contributed by atoms with Gasteiger partial charge in [-0.1, -0.05) is 0 Å². The molecule has 120 valence electrons. The lowest BCUT2D eigenvalue weighted by Gasteiger charge is -2.31. The Morgan fingerprint density at radius 1 is 1.35 bits per heavy atom. The molecule has 2 aromatic rings. The van der Waals surface area contributed by atoms with Crippen molar-refractivity contribution in [2.24, 2.45) is 0 Å². The van der Waals surface area contributed by atoms with Gasteiger partial charge in [-0.05, 0) is 17.7 Å². The SMILES string of the molecule is CN1CCN(C(=O)NCc2ccnc(-n3ccnc3)c2)CC1=O. The minimum Gasteiger partial charge on any atom is -0.342 e. The monoisotopic (exact) mass is 314 g/mol. The first-order valence-electron chi connectivity index (χ1n) is 7.33. The van der Waals surface area contributed by atoms with Crippen molar-refractivity contribution < 1.29 is 9.59 Å². The number of hydrogen-bond acceptors (Lipinski definition) is 4. The fourth-order valence-electron chi connectivity index (χ4n) is 2.33. The van der Waals surface area contributed by atoms with Gasteiger partial charge in [-0.15, -0.1) is 0 Å². The van der Waals surface area contributed by atoms with E-state index in [0.29, 0.717) is 19.6 Å². The lowest BCUT2D eigenvalue weighted by Crippen LogP contribution is -2.53. The van der Waals surface area contributed by atoms with Gasteiger partial charge in [0, 0.05) is 45.3 Å². The third kappa shape index (κ3) is 3.47. The van der Waals surface area contributed by atoms with E-state index in [1.54, 1.807) is 41.4 Å². The first-order chi connectivity index (χ1) is 11.1. The number of carbonyl (C=O) groups excluding carboxylic acids is 2. The maximum absolute atomic E-state index is 12.2. The molecule has 3 amide bonds. The van der Waals surface area contributed by atoms with Crippen molar-refractivity contribution in [2.75, 3.05) is 26.7 Å². The van der Waals surface area contributed by atoms with Crippen LogP contribution in [0, 0.1) is 0 Å². The Morgan fingerprint density at radius 3 is 2.96 bits per heavy atom. The third-order valence-electron chi connectivity index (χ3n) is 3.77. The molecule has 1 fully saturated rings. The second-order valence-electron chi connectivity index (χ2n) is 5.39. The fourth-order valence-corrected chi connectivity index (χ4v) is 2.33. The van der Waals surface area contributed by atoms with E-state index in [9.17, 15) is 9.59 Å². The standard InChI is InChI=1S/C15H18N6O2/c1-19-6-7-20(10-14(19)22)15(23)18-9-12-2-3-17-13(8-12)21-5-4-16-11-21/h2-5,8,11H,6-7,9-10H2,1H3,(H,18,23). The van der Waals surface area contributed by atoms with E-state index in [4.69, 9.17) is 0 Å². The molecule has 1 N–H and O–H groups in total. The van der Waals surface area contributed by atoms with Gasteiger partial charge >= 0.3 is 6.03 Å². The minimum atomic E-state index is -0.229. The van der Waals surface area contributed by atoms with Gasteiger partial charge in [0.1, 0.15) is 18.7 Å². The summed E-state index contributed by atoms with van der Waals surface area (Å²) in [6, 6.07) is 3.50. The lowest BCUT2D eigenvalue weighted by molar-refractivity contribution is -0.133. The topological polar surface area (TPSA) is 83.4 Å². The van der Waals surface area contributed by atoms with Crippen molar-refractivity contribution in [3.05, 3.63) is 42.6 Å². The maximum Gasteiger partial charge on any atom is 0.318 e. The predicted octanol–water partition coefficient (Wildman–Crippen LogP) is 0.251. The van der Waals surface area contributed by atoms with Crippen molar-refractivity contribution in [1.29, 1.82) is 0 Å². The van der Waals surface area contributed by atoms with Gasteiger partial charge < -0.3 is 15.1 Å². The van der Waals surface area contributed by atoms with Crippen molar-refractivity contribution >= 4 is 11.9 Å². The average molecular weight is 314 g/mol. The summed E-state index contributed by atoms with van der Waals surface area (Å²) >= 11 is 0. The number of piperazine rings is 1. The molecule has 1 aliphatic rings. The quantitative estimate of drug-likeness (QED) is 0.880. The summed E-state index contributed by atoms with van der Waals surface area (Å²) in [5.74, 6) is 0.696. The van der Waals surface area contributed by atoms with E-state index < -0.39 is 0 Å². The van der Waals surface area contributed by atoms with Crippen LogP contribution in [0.2, 0.25) is 0 Å². The number of urea groups is 1. The molecule has 0 radical (unpaired) electrons. The van der Waals surface area contributed by atoms with Gasteiger partial charge in [-0.2, -0.15) is 0 Å². The molecule has 8 nitrogen and oxygen atoms in total. The molecular formula is C15H18N6O2. The summed E-state index contributed by atoms with van der Waals surface area (Å²) in [5.41, 5.74) is 0.928. The van der Waals surface area contributed by atoms with Gasteiger partial charge in [0.05, 0.1) is 0 Å². The van der Waals surface area contributed by atoms with E-state index in [2.05, 4.69) is 15.3 Å². The zero-order valence-electron chi connectivity index (χ0n) is 12.8. The van der Waals surface area contributed by atoms with Crippen LogP contribution in [0.1, 0.15) is 5.56 Å². The highest BCUT2D eigenvalue weighted by atomic mass is 16.2. The Labute approximate surface area is 133 Å². The lowest BCUT2D eigenvalue weighted by atomic mass is 10.2. The first-order valence-corrected chi connectivity index (χ1v) is 7.33. The summed E-state index contributed by atoms with van der Waals surface area (Å²) in [6.07, 6.45) is 6.85. The molecule has 0 atom stereocenters. The smallest absolute Gasteiger partial charge is 0.318 e. The second kappa shape index (κ2) is 6.47. The van der Waals surface area contributed by atoms with Crippen LogP contribution in [0.5, 0.6) is 0 Å².